The molecule has 0 radical (unpaired) electrons. The van der Waals surface area contributed by atoms with E-state index in [1.165, 1.54) is 0 Å². The van der Waals surface area contributed by atoms with Gasteiger partial charge in [0.05, 0.1) is 12.2 Å². The number of hydrogen-bond acceptors (Lipinski definition) is 3. The number of nitrogens with one attached hydrogen (secondary N) is 1. The van der Waals surface area contributed by atoms with E-state index in [4.69, 9.17) is 4.74 Å². The van der Waals surface area contributed by atoms with Crippen LogP contribution in [0.5, 0.6) is 5.75 Å². The van der Waals surface area contributed by atoms with Crippen molar-refractivity contribution in [3.8, 4) is 5.75 Å². The van der Waals surface area contributed by atoms with Crippen LogP contribution in [0.3, 0.4) is 0 Å². The number of aromatic nitrogens is 1. The van der Waals surface area contributed by atoms with Crippen molar-refractivity contribution in [3.63, 3.8) is 0 Å². The average Bonchev–Trinajstić information content (AvgIpc) is 2.45. The molecule has 0 aliphatic heterocycles. The lowest BCUT2D eigenvalue weighted by molar-refractivity contribution is -0.123. The summed E-state index contributed by atoms with van der Waals surface area (Å²) in [6.07, 6.45) is 1.62. The number of pyridine rings is 1. The summed E-state index contributed by atoms with van der Waals surface area (Å²) in [6.45, 7) is -0.0929. The molecule has 20 heavy (non-hydrogen) atoms. The van der Waals surface area contributed by atoms with Gasteiger partial charge in [0.1, 0.15) is 5.82 Å². The number of amides is 1. The lowest BCUT2D eigenvalue weighted by atomic mass is 10.3. The smallest absolute Gasteiger partial charge is 0.258 e. The number of nitrogens with zero attached hydrogens (tertiary/aromatic N) is 1. The van der Waals surface area contributed by atoms with E-state index in [0.717, 1.165) is 12.1 Å². The fourth-order valence-electron chi connectivity index (χ4n) is 1.48. The number of carbonyl (C=O) groups excluding carboxylic acids is 1. The highest BCUT2D eigenvalue weighted by molar-refractivity contribution is 5.77. The molecule has 0 saturated heterocycles. The fraction of sp³-hybridized carbons (Fsp3) is 0.143. The topological polar surface area (TPSA) is 51.2 Å². The molecule has 2 aromatic rings. The van der Waals surface area contributed by atoms with Crippen LogP contribution >= 0.6 is 0 Å². The maximum atomic E-state index is 13.2. The molecule has 0 unspecified atom stereocenters. The van der Waals surface area contributed by atoms with E-state index in [9.17, 15) is 13.6 Å². The Kier molecular flexibility index (Phi) is 4.60. The van der Waals surface area contributed by atoms with Crippen LogP contribution in [0.2, 0.25) is 0 Å². The zero-order valence-corrected chi connectivity index (χ0v) is 10.5. The number of halogens is 2. The normalized spacial score (nSPS) is 10.1. The molecule has 0 atom stereocenters. The minimum Gasteiger partial charge on any atom is -0.481 e. The largest absolute Gasteiger partial charge is 0.481 e. The van der Waals surface area contributed by atoms with E-state index in [-0.39, 0.29) is 18.9 Å². The van der Waals surface area contributed by atoms with Gasteiger partial charge in [0.15, 0.2) is 18.2 Å². The molecule has 1 aromatic heterocycles. The molecule has 1 aromatic carbocycles. The zero-order valence-electron chi connectivity index (χ0n) is 10.5. The van der Waals surface area contributed by atoms with E-state index >= 15 is 0 Å². The van der Waals surface area contributed by atoms with Gasteiger partial charge in [0.25, 0.3) is 5.91 Å². The van der Waals surface area contributed by atoms with Crippen LogP contribution in [0.25, 0.3) is 0 Å². The summed E-state index contributed by atoms with van der Waals surface area (Å²) in [4.78, 5) is 15.5. The minimum absolute atomic E-state index is 0.167. The summed E-state index contributed by atoms with van der Waals surface area (Å²) in [5, 5.41) is 2.58. The van der Waals surface area contributed by atoms with Crippen LogP contribution in [0.1, 0.15) is 5.69 Å². The first-order valence-corrected chi connectivity index (χ1v) is 5.89. The summed E-state index contributed by atoms with van der Waals surface area (Å²) in [5.41, 5.74) is 0.703. The van der Waals surface area contributed by atoms with E-state index in [0.29, 0.717) is 11.8 Å². The molecule has 0 aliphatic carbocycles. The second kappa shape index (κ2) is 6.60. The van der Waals surface area contributed by atoms with Gasteiger partial charge in [0.2, 0.25) is 0 Å². The summed E-state index contributed by atoms with van der Waals surface area (Å²) < 4.78 is 30.9. The third-order valence-electron chi connectivity index (χ3n) is 2.45. The van der Waals surface area contributed by atoms with Gasteiger partial charge in [-0.3, -0.25) is 9.78 Å². The van der Waals surface area contributed by atoms with Crippen LogP contribution in [0.4, 0.5) is 8.78 Å². The Hall–Kier alpha value is -2.50. The van der Waals surface area contributed by atoms with Gasteiger partial charge in [-0.25, -0.2) is 8.78 Å². The monoisotopic (exact) mass is 278 g/mol. The summed E-state index contributed by atoms with van der Waals surface area (Å²) in [6, 6.07) is 8.23. The lowest BCUT2D eigenvalue weighted by Gasteiger charge is -2.08. The second-order valence-electron chi connectivity index (χ2n) is 3.96. The molecule has 0 saturated carbocycles. The summed E-state index contributed by atoms with van der Waals surface area (Å²) in [5.74, 6) is -2.13. The molecule has 0 aliphatic rings. The van der Waals surface area contributed by atoms with Crippen molar-refractivity contribution in [2.24, 2.45) is 0 Å². The standard InChI is InChI=1S/C14H12F2N2O2/c15-10-4-5-13(12(16)7-10)20-9-14(19)18-8-11-3-1-2-6-17-11/h1-7H,8-9H2,(H,18,19). The first-order valence-electron chi connectivity index (χ1n) is 5.89. The van der Waals surface area contributed by atoms with Crippen LogP contribution < -0.4 is 10.1 Å². The molecular formula is C14H12F2N2O2. The highest BCUT2D eigenvalue weighted by atomic mass is 19.1. The van der Waals surface area contributed by atoms with Crippen molar-refractivity contribution in [2.75, 3.05) is 6.61 Å². The molecular weight excluding hydrogens is 266 g/mol. The van der Waals surface area contributed by atoms with Crippen LogP contribution in [0.15, 0.2) is 42.6 Å². The van der Waals surface area contributed by atoms with E-state index in [1.54, 1.807) is 24.4 Å². The van der Waals surface area contributed by atoms with Crippen molar-refractivity contribution >= 4 is 5.91 Å². The molecule has 4 nitrogen and oxygen atoms in total. The van der Waals surface area contributed by atoms with Gasteiger partial charge in [0, 0.05) is 12.3 Å². The van der Waals surface area contributed by atoms with Gasteiger partial charge in [-0.2, -0.15) is 0 Å². The molecule has 0 spiro atoms. The highest BCUT2D eigenvalue weighted by Crippen LogP contribution is 2.17. The van der Waals surface area contributed by atoms with Gasteiger partial charge in [-0.15, -0.1) is 0 Å². The average molecular weight is 278 g/mol. The van der Waals surface area contributed by atoms with Crippen LogP contribution in [-0.2, 0) is 11.3 Å². The minimum atomic E-state index is -0.845. The Morgan fingerprint density at radius 1 is 1.25 bits per heavy atom. The number of benzene rings is 1. The van der Waals surface area contributed by atoms with Crippen molar-refractivity contribution in [3.05, 3.63) is 59.9 Å². The Bertz CT molecular complexity index is 591. The number of ether oxygens (including phenoxy) is 1. The van der Waals surface area contributed by atoms with E-state index < -0.39 is 17.5 Å². The van der Waals surface area contributed by atoms with Crippen LogP contribution in [0, 0.1) is 11.6 Å². The third-order valence-corrected chi connectivity index (χ3v) is 2.45. The Balaban J connectivity index is 1.80. The Labute approximate surface area is 114 Å². The predicted octanol–water partition coefficient (Wildman–Crippen LogP) is 2.05. The maximum Gasteiger partial charge on any atom is 0.258 e. The number of rotatable bonds is 5. The Morgan fingerprint density at radius 2 is 2.10 bits per heavy atom. The van der Waals surface area contributed by atoms with Crippen molar-refractivity contribution in [1.82, 2.24) is 10.3 Å². The molecule has 0 bridgehead atoms. The van der Waals surface area contributed by atoms with Gasteiger partial charge in [-0.05, 0) is 24.3 Å². The second-order valence-corrected chi connectivity index (χ2v) is 3.96. The van der Waals surface area contributed by atoms with Crippen molar-refractivity contribution in [1.29, 1.82) is 0 Å². The van der Waals surface area contributed by atoms with E-state index in [2.05, 4.69) is 10.3 Å². The first-order chi connectivity index (χ1) is 9.65. The Morgan fingerprint density at radius 3 is 2.80 bits per heavy atom. The van der Waals surface area contributed by atoms with Crippen LogP contribution in [-0.4, -0.2) is 17.5 Å². The molecule has 1 amide bonds. The maximum absolute atomic E-state index is 13.2. The molecule has 1 heterocycles. The quantitative estimate of drug-likeness (QED) is 0.910. The third kappa shape index (κ3) is 4.01. The SMILES string of the molecule is O=C(COc1ccc(F)cc1F)NCc1ccccn1. The highest BCUT2D eigenvalue weighted by Gasteiger charge is 2.08. The summed E-state index contributed by atoms with van der Waals surface area (Å²) >= 11 is 0. The van der Waals surface area contributed by atoms with Crippen molar-refractivity contribution < 1.29 is 18.3 Å². The molecule has 104 valence electrons. The first kappa shape index (κ1) is 13.9. The zero-order chi connectivity index (χ0) is 14.4. The predicted molar refractivity (Wildman–Crippen MR) is 67.9 cm³/mol. The fourth-order valence-corrected chi connectivity index (χ4v) is 1.48. The molecule has 1 N–H and O–H groups in total. The summed E-state index contributed by atoms with van der Waals surface area (Å²) in [7, 11) is 0. The van der Waals surface area contributed by atoms with Gasteiger partial charge < -0.3 is 10.1 Å². The van der Waals surface area contributed by atoms with Crippen molar-refractivity contribution in [2.45, 2.75) is 6.54 Å². The van der Waals surface area contributed by atoms with Gasteiger partial charge >= 0.3 is 0 Å². The lowest BCUT2D eigenvalue weighted by Crippen LogP contribution is -2.28. The molecule has 6 heteroatoms. The molecule has 2 rings (SSSR count). The van der Waals surface area contributed by atoms with Gasteiger partial charge in [-0.1, -0.05) is 6.07 Å². The number of hydrogen-bond donors (Lipinski definition) is 1. The molecule has 0 fully saturated rings. The number of carbonyl (C=O) groups is 1. The van der Waals surface area contributed by atoms with E-state index in [1.807, 2.05) is 0 Å².